The molecule has 0 bridgehead atoms. The molecule has 0 spiro atoms. The number of rotatable bonds is 8. The Morgan fingerprint density at radius 3 is 2.33 bits per heavy atom. The van der Waals surface area contributed by atoms with Crippen LogP contribution in [0.4, 0.5) is 5.69 Å². The van der Waals surface area contributed by atoms with E-state index in [1.54, 1.807) is 31.2 Å². The van der Waals surface area contributed by atoms with Crippen LogP contribution in [-0.2, 0) is 10.0 Å². The van der Waals surface area contributed by atoms with E-state index in [0.29, 0.717) is 30.3 Å². The number of sulfonamides is 1. The molecular weight excluding hydrogens is 362 g/mol. The molecule has 144 valence electrons. The Labute approximate surface area is 160 Å². The summed E-state index contributed by atoms with van der Waals surface area (Å²) in [6.07, 6.45) is 2.25. The molecule has 27 heavy (non-hydrogen) atoms. The van der Waals surface area contributed by atoms with Crippen LogP contribution in [0.2, 0.25) is 0 Å². The number of anilines is 1. The smallest absolute Gasteiger partial charge is 0.264 e. The quantitative estimate of drug-likeness (QED) is 0.727. The molecule has 6 nitrogen and oxygen atoms in total. The monoisotopic (exact) mass is 387 g/mol. The SMILES string of the molecule is CCN(c1ccccc1)S(=O)(=O)c1ccc(C(=O)NCC(N)C2CC2)cc1. The van der Waals surface area contributed by atoms with Gasteiger partial charge in [-0.1, -0.05) is 18.2 Å². The average molecular weight is 388 g/mol. The van der Waals surface area contributed by atoms with Crippen molar-refractivity contribution in [2.24, 2.45) is 11.7 Å². The first-order chi connectivity index (χ1) is 12.9. The second-order valence-electron chi connectivity index (χ2n) is 6.74. The Hall–Kier alpha value is -2.38. The fourth-order valence-electron chi connectivity index (χ4n) is 2.99. The molecule has 0 heterocycles. The van der Waals surface area contributed by atoms with Crippen LogP contribution >= 0.6 is 0 Å². The highest BCUT2D eigenvalue weighted by molar-refractivity contribution is 7.92. The second kappa shape index (κ2) is 8.10. The lowest BCUT2D eigenvalue weighted by Crippen LogP contribution is -2.38. The second-order valence-corrected chi connectivity index (χ2v) is 8.60. The van der Waals surface area contributed by atoms with Gasteiger partial charge in [0.25, 0.3) is 15.9 Å². The number of hydrogen-bond donors (Lipinski definition) is 2. The molecule has 1 fully saturated rings. The van der Waals surface area contributed by atoms with Crippen LogP contribution in [0.3, 0.4) is 0 Å². The van der Waals surface area contributed by atoms with Crippen LogP contribution < -0.4 is 15.4 Å². The van der Waals surface area contributed by atoms with Crippen molar-refractivity contribution in [2.45, 2.75) is 30.7 Å². The molecule has 1 aliphatic carbocycles. The molecule has 1 unspecified atom stereocenters. The third-order valence-electron chi connectivity index (χ3n) is 4.76. The standard InChI is InChI=1S/C20H25N3O3S/c1-2-23(17-6-4-3-5-7-17)27(25,26)18-12-10-16(11-13-18)20(24)22-14-19(21)15-8-9-15/h3-7,10-13,15,19H,2,8-9,14,21H2,1H3,(H,22,24). The number of carbonyl (C=O) groups is 1. The van der Waals surface area contributed by atoms with E-state index in [1.165, 1.54) is 28.6 Å². The summed E-state index contributed by atoms with van der Waals surface area (Å²) in [7, 11) is -3.69. The van der Waals surface area contributed by atoms with Crippen molar-refractivity contribution in [1.82, 2.24) is 5.32 Å². The van der Waals surface area contributed by atoms with Gasteiger partial charge in [-0.2, -0.15) is 0 Å². The fraction of sp³-hybridized carbons (Fsp3) is 0.350. The molecule has 3 N–H and O–H groups in total. The molecule has 1 amide bonds. The van der Waals surface area contributed by atoms with Crippen molar-refractivity contribution in [3.8, 4) is 0 Å². The predicted octanol–water partition coefficient (Wildman–Crippen LogP) is 2.37. The van der Waals surface area contributed by atoms with Gasteiger partial charge in [0.2, 0.25) is 0 Å². The van der Waals surface area contributed by atoms with Crippen LogP contribution in [0.1, 0.15) is 30.1 Å². The number of benzene rings is 2. The number of para-hydroxylation sites is 1. The Bertz CT molecular complexity index is 878. The molecule has 1 atom stereocenters. The topological polar surface area (TPSA) is 92.5 Å². The van der Waals surface area contributed by atoms with Gasteiger partial charge in [-0.25, -0.2) is 8.42 Å². The number of carbonyl (C=O) groups excluding carboxylic acids is 1. The van der Waals surface area contributed by atoms with Crippen molar-refractivity contribution >= 4 is 21.6 Å². The van der Waals surface area contributed by atoms with Crippen molar-refractivity contribution < 1.29 is 13.2 Å². The Morgan fingerprint density at radius 1 is 1.15 bits per heavy atom. The first-order valence-electron chi connectivity index (χ1n) is 9.15. The summed E-state index contributed by atoms with van der Waals surface area (Å²) in [5, 5.41) is 2.81. The zero-order valence-corrected chi connectivity index (χ0v) is 16.2. The van der Waals surface area contributed by atoms with Crippen LogP contribution in [0.5, 0.6) is 0 Å². The molecule has 7 heteroatoms. The minimum atomic E-state index is -3.69. The first-order valence-corrected chi connectivity index (χ1v) is 10.6. The summed E-state index contributed by atoms with van der Waals surface area (Å²) in [6, 6.07) is 14.9. The molecule has 2 aromatic rings. The van der Waals surface area contributed by atoms with Gasteiger partial charge in [0.05, 0.1) is 10.6 Å². The third-order valence-corrected chi connectivity index (χ3v) is 6.68. The molecule has 0 aliphatic heterocycles. The fourth-order valence-corrected chi connectivity index (χ4v) is 4.47. The molecule has 2 aromatic carbocycles. The Kier molecular flexibility index (Phi) is 5.82. The summed E-state index contributed by atoms with van der Waals surface area (Å²) in [4.78, 5) is 12.4. The van der Waals surface area contributed by atoms with Crippen molar-refractivity contribution in [3.63, 3.8) is 0 Å². The normalized spacial score (nSPS) is 15.2. The van der Waals surface area contributed by atoms with Gasteiger partial charge >= 0.3 is 0 Å². The lowest BCUT2D eigenvalue weighted by Gasteiger charge is -2.23. The van der Waals surface area contributed by atoms with E-state index < -0.39 is 10.0 Å². The average Bonchev–Trinajstić information content (AvgIpc) is 3.52. The highest BCUT2D eigenvalue weighted by Gasteiger charge is 2.28. The Morgan fingerprint density at radius 2 is 1.78 bits per heavy atom. The van der Waals surface area contributed by atoms with Gasteiger partial charge in [0.15, 0.2) is 0 Å². The number of nitrogens with zero attached hydrogens (tertiary/aromatic N) is 1. The van der Waals surface area contributed by atoms with Crippen LogP contribution in [-0.4, -0.2) is 33.5 Å². The zero-order chi connectivity index (χ0) is 19.4. The highest BCUT2D eigenvalue weighted by atomic mass is 32.2. The van der Waals surface area contributed by atoms with E-state index in [-0.39, 0.29) is 16.8 Å². The zero-order valence-electron chi connectivity index (χ0n) is 15.3. The van der Waals surface area contributed by atoms with Gasteiger partial charge in [0, 0.05) is 24.7 Å². The lowest BCUT2D eigenvalue weighted by atomic mass is 10.2. The summed E-state index contributed by atoms with van der Waals surface area (Å²) in [5.41, 5.74) is 7.01. The molecule has 0 saturated heterocycles. The predicted molar refractivity (Wildman–Crippen MR) is 106 cm³/mol. The Balaban J connectivity index is 1.72. The van der Waals surface area contributed by atoms with E-state index >= 15 is 0 Å². The minimum absolute atomic E-state index is 0.0161. The first kappa shape index (κ1) is 19.4. The summed E-state index contributed by atoms with van der Waals surface area (Å²) in [5.74, 6) is 0.265. The molecular formula is C20H25N3O3S. The number of nitrogens with two attached hydrogens (primary N) is 1. The summed E-state index contributed by atoms with van der Waals surface area (Å²) >= 11 is 0. The van der Waals surface area contributed by atoms with Gasteiger partial charge < -0.3 is 11.1 Å². The molecule has 1 aliphatic rings. The van der Waals surface area contributed by atoms with Crippen molar-refractivity contribution in [3.05, 3.63) is 60.2 Å². The lowest BCUT2D eigenvalue weighted by molar-refractivity contribution is 0.0950. The highest BCUT2D eigenvalue weighted by Crippen LogP contribution is 2.31. The minimum Gasteiger partial charge on any atom is -0.350 e. The molecule has 1 saturated carbocycles. The van der Waals surface area contributed by atoms with Crippen molar-refractivity contribution in [1.29, 1.82) is 0 Å². The van der Waals surface area contributed by atoms with Crippen LogP contribution in [0, 0.1) is 5.92 Å². The van der Waals surface area contributed by atoms with E-state index in [0.717, 1.165) is 12.8 Å². The number of amides is 1. The van der Waals surface area contributed by atoms with Crippen LogP contribution in [0.15, 0.2) is 59.5 Å². The summed E-state index contributed by atoms with van der Waals surface area (Å²) in [6.45, 7) is 2.53. The maximum atomic E-state index is 13.0. The molecule has 0 aromatic heterocycles. The van der Waals surface area contributed by atoms with Gasteiger partial charge in [0.1, 0.15) is 0 Å². The number of nitrogens with one attached hydrogen (secondary N) is 1. The maximum absolute atomic E-state index is 13.0. The maximum Gasteiger partial charge on any atom is 0.264 e. The van der Waals surface area contributed by atoms with E-state index in [1.807, 2.05) is 6.07 Å². The number of hydrogen-bond acceptors (Lipinski definition) is 4. The molecule has 0 radical (unpaired) electrons. The third kappa shape index (κ3) is 4.48. The van der Waals surface area contributed by atoms with Gasteiger partial charge in [-0.3, -0.25) is 9.10 Å². The van der Waals surface area contributed by atoms with Gasteiger partial charge in [-0.15, -0.1) is 0 Å². The van der Waals surface area contributed by atoms with E-state index in [9.17, 15) is 13.2 Å². The van der Waals surface area contributed by atoms with E-state index in [2.05, 4.69) is 5.32 Å². The summed E-state index contributed by atoms with van der Waals surface area (Å²) < 4.78 is 27.2. The largest absolute Gasteiger partial charge is 0.350 e. The van der Waals surface area contributed by atoms with Gasteiger partial charge in [-0.05, 0) is 62.1 Å². The molecule has 3 rings (SSSR count). The van der Waals surface area contributed by atoms with Crippen LogP contribution in [0.25, 0.3) is 0 Å². The van der Waals surface area contributed by atoms with E-state index in [4.69, 9.17) is 5.73 Å². The van der Waals surface area contributed by atoms with Crippen molar-refractivity contribution in [2.75, 3.05) is 17.4 Å².